The fourth-order valence-corrected chi connectivity index (χ4v) is 5.22. The van der Waals surface area contributed by atoms with E-state index in [1.807, 2.05) is 49.1 Å². The third-order valence-corrected chi connectivity index (χ3v) is 7.10. The van der Waals surface area contributed by atoms with Crippen LogP contribution in [-0.4, -0.2) is 26.9 Å². The molecule has 3 aromatic rings. The summed E-state index contributed by atoms with van der Waals surface area (Å²) in [6.45, 7) is 4.62. The van der Waals surface area contributed by atoms with E-state index in [9.17, 15) is 9.59 Å². The van der Waals surface area contributed by atoms with Crippen LogP contribution in [0.2, 0.25) is 5.02 Å². The molecule has 1 heterocycles. The Kier molecular flexibility index (Phi) is 7.49. The van der Waals surface area contributed by atoms with Gasteiger partial charge in [0.05, 0.1) is 22.6 Å². The summed E-state index contributed by atoms with van der Waals surface area (Å²) in [6.07, 6.45) is 7.19. The Morgan fingerprint density at radius 3 is 2.48 bits per heavy atom. The van der Waals surface area contributed by atoms with Crippen LogP contribution in [-0.2, 0) is 4.79 Å². The second-order valence-corrected chi connectivity index (χ2v) is 9.33. The van der Waals surface area contributed by atoms with Gasteiger partial charge >= 0.3 is 0 Å². The second kappa shape index (κ2) is 10.5. The van der Waals surface area contributed by atoms with Crippen LogP contribution in [0.25, 0.3) is 16.6 Å². The van der Waals surface area contributed by atoms with Crippen molar-refractivity contribution >= 4 is 28.4 Å². The third-order valence-electron chi connectivity index (χ3n) is 6.85. The van der Waals surface area contributed by atoms with Gasteiger partial charge in [-0.2, -0.15) is 0 Å². The number of para-hydroxylation sites is 1. The summed E-state index contributed by atoms with van der Waals surface area (Å²) in [6, 6.07) is 14.3. The molecule has 174 valence electrons. The second-order valence-electron chi connectivity index (χ2n) is 8.90. The molecule has 1 fully saturated rings. The van der Waals surface area contributed by atoms with Crippen LogP contribution in [0.5, 0.6) is 0 Å². The van der Waals surface area contributed by atoms with Gasteiger partial charge in [-0.1, -0.05) is 56.3 Å². The molecule has 1 aliphatic carbocycles. The quantitative estimate of drug-likeness (QED) is 0.391. The van der Waals surface area contributed by atoms with E-state index in [1.54, 1.807) is 22.8 Å². The topological polar surface area (TPSA) is 55.2 Å². The molecular formula is C27H32ClN3O2. The summed E-state index contributed by atoms with van der Waals surface area (Å²) in [5.41, 5.74) is 1.21. The van der Waals surface area contributed by atoms with Crippen LogP contribution in [0.3, 0.4) is 0 Å². The van der Waals surface area contributed by atoms with Gasteiger partial charge < -0.3 is 4.90 Å². The van der Waals surface area contributed by atoms with Crippen molar-refractivity contribution < 1.29 is 4.79 Å². The first-order chi connectivity index (χ1) is 16.0. The standard InChI is InChI=1S/C27H32ClN3O2/c1-3-24(30(4-2)25(32)18-13-19-9-5-6-10-19)26-29-23-12-8-7-11-22(23)27(33)31(26)21-16-14-20(28)15-17-21/h7-8,11-12,14-17,19,24H,3-6,9-10,13,18H2,1-2H3. The van der Waals surface area contributed by atoms with Crippen molar-refractivity contribution in [2.75, 3.05) is 6.54 Å². The largest absolute Gasteiger partial charge is 0.333 e. The number of carbonyl (C=O) groups excluding carboxylic acids is 1. The van der Waals surface area contributed by atoms with Crippen molar-refractivity contribution in [1.82, 2.24) is 14.5 Å². The summed E-state index contributed by atoms with van der Waals surface area (Å²) < 4.78 is 1.65. The van der Waals surface area contributed by atoms with Gasteiger partial charge in [0.25, 0.3) is 5.56 Å². The van der Waals surface area contributed by atoms with Crippen molar-refractivity contribution in [3.8, 4) is 5.69 Å². The maximum atomic E-state index is 13.6. The van der Waals surface area contributed by atoms with Crippen LogP contribution in [0, 0.1) is 5.92 Å². The number of rotatable bonds is 8. The number of hydrogen-bond donors (Lipinski definition) is 0. The first-order valence-electron chi connectivity index (χ1n) is 12.1. The fraction of sp³-hybridized carbons (Fsp3) is 0.444. The van der Waals surface area contributed by atoms with Crippen molar-refractivity contribution in [3.05, 3.63) is 69.7 Å². The predicted octanol–water partition coefficient (Wildman–Crippen LogP) is 6.31. The van der Waals surface area contributed by atoms with Crippen LogP contribution in [0.4, 0.5) is 0 Å². The number of benzene rings is 2. The lowest BCUT2D eigenvalue weighted by atomic mass is 10.0. The number of aromatic nitrogens is 2. The van der Waals surface area contributed by atoms with E-state index in [0.717, 1.165) is 6.42 Å². The number of nitrogens with zero attached hydrogens (tertiary/aromatic N) is 3. The molecule has 2 aromatic carbocycles. The molecule has 1 amide bonds. The molecule has 1 aromatic heterocycles. The Morgan fingerprint density at radius 2 is 1.82 bits per heavy atom. The lowest BCUT2D eigenvalue weighted by Crippen LogP contribution is -2.38. The normalized spacial score (nSPS) is 15.1. The summed E-state index contributed by atoms with van der Waals surface area (Å²) in [5.74, 6) is 1.40. The molecule has 0 radical (unpaired) electrons. The van der Waals surface area contributed by atoms with Gasteiger partial charge in [0, 0.05) is 18.0 Å². The van der Waals surface area contributed by atoms with E-state index in [-0.39, 0.29) is 17.5 Å². The van der Waals surface area contributed by atoms with Gasteiger partial charge in [-0.05, 0) is 62.1 Å². The van der Waals surface area contributed by atoms with Gasteiger partial charge in [-0.3, -0.25) is 14.2 Å². The minimum Gasteiger partial charge on any atom is -0.333 e. The Morgan fingerprint density at radius 1 is 1.12 bits per heavy atom. The molecule has 1 saturated carbocycles. The predicted molar refractivity (Wildman–Crippen MR) is 134 cm³/mol. The van der Waals surface area contributed by atoms with Crippen LogP contribution in [0.15, 0.2) is 53.3 Å². The molecule has 0 bridgehead atoms. The summed E-state index contributed by atoms with van der Waals surface area (Å²) in [5, 5.41) is 1.16. The molecule has 6 heteroatoms. The highest BCUT2D eigenvalue weighted by atomic mass is 35.5. The highest BCUT2D eigenvalue weighted by molar-refractivity contribution is 6.30. The number of carbonyl (C=O) groups is 1. The first kappa shape index (κ1) is 23.5. The molecule has 4 rings (SSSR count). The average Bonchev–Trinajstić information content (AvgIpc) is 3.35. The van der Waals surface area contributed by atoms with Gasteiger partial charge in [0.1, 0.15) is 5.82 Å². The Bertz CT molecular complexity index is 1170. The Labute approximate surface area is 200 Å². The van der Waals surface area contributed by atoms with E-state index in [4.69, 9.17) is 16.6 Å². The van der Waals surface area contributed by atoms with Gasteiger partial charge in [0.2, 0.25) is 5.91 Å². The monoisotopic (exact) mass is 465 g/mol. The summed E-state index contributed by atoms with van der Waals surface area (Å²) in [7, 11) is 0. The van der Waals surface area contributed by atoms with Crippen molar-refractivity contribution in [1.29, 1.82) is 0 Å². The number of fused-ring (bicyclic) bond motifs is 1. The highest BCUT2D eigenvalue weighted by Crippen LogP contribution is 2.31. The van der Waals surface area contributed by atoms with Crippen LogP contribution < -0.4 is 5.56 Å². The van der Waals surface area contributed by atoms with Gasteiger partial charge in [-0.15, -0.1) is 0 Å². The first-order valence-corrected chi connectivity index (χ1v) is 12.5. The van der Waals surface area contributed by atoms with Gasteiger partial charge in [0.15, 0.2) is 0 Å². The molecule has 5 nitrogen and oxygen atoms in total. The van der Waals surface area contributed by atoms with Crippen LogP contribution in [0.1, 0.15) is 70.7 Å². The zero-order chi connectivity index (χ0) is 23.4. The molecule has 33 heavy (non-hydrogen) atoms. The number of amides is 1. The number of halogens is 1. The summed E-state index contributed by atoms with van der Waals surface area (Å²) in [4.78, 5) is 33.8. The molecule has 0 saturated heterocycles. The Hall–Kier alpha value is -2.66. The van der Waals surface area contributed by atoms with Crippen molar-refractivity contribution in [3.63, 3.8) is 0 Å². The van der Waals surface area contributed by atoms with Crippen LogP contribution >= 0.6 is 11.6 Å². The molecule has 0 aliphatic heterocycles. The van der Waals surface area contributed by atoms with Crippen molar-refractivity contribution in [2.24, 2.45) is 5.92 Å². The van der Waals surface area contributed by atoms with E-state index < -0.39 is 0 Å². The zero-order valence-corrected chi connectivity index (χ0v) is 20.2. The minimum atomic E-state index is -0.293. The maximum Gasteiger partial charge on any atom is 0.266 e. The zero-order valence-electron chi connectivity index (χ0n) is 19.5. The smallest absolute Gasteiger partial charge is 0.266 e. The van der Waals surface area contributed by atoms with E-state index >= 15 is 0 Å². The third kappa shape index (κ3) is 4.98. The van der Waals surface area contributed by atoms with Crippen molar-refractivity contribution in [2.45, 2.75) is 64.8 Å². The summed E-state index contributed by atoms with van der Waals surface area (Å²) >= 11 is 6.11. The molecule has 1 unspecified atom stereocenters. The lowest BCUT2D eigenvalue weighted by Gasteiger charge is -2.32. The molecule has 0 spiro atoms. The average molecular weight is 466 g/mol. The minimum absolute atomic E-state index is 0.133. The fourth-order valence-electron chi connectivity index (χ4n) is 5.10. The van der Waals surface area contributed by atoms with Gasteiger partial charge in [-0.25, -0.2) is 4.98 Å². The lowest BCUT2D eigenvalue weighted by molar-refractivity contribution is -0.134. The maximum absolute atomic E-state index is 13.6. The Balaban J connectivity index is 1.77. The molecule has 1 atom stereocenters. The highest BCUT2D eigenvalue weighted by Gasteiger charge is 2.28. The van der Waals surface area contributed by atoms with E-state index in [2.05, 4.69) is 0 Å². The van der Waals surface area contributed by atoms with E-state index in [0.29, 0.717) is 52.7 Å². The SMILES string of the molecule is CCC(c1nc2ccccc2c(=O)n1-c1ccc(Cl)cc1)N(CC)C(=O)CCC1CCCC1. The number of hydrogen-bond acceptors (Lipinski definition) is 3. The van der Waals surface area contributed by atoms with E-state index in [1.165, 1.54) is 25.7 Å². The molecule has 0 N–H and O–H groups in total. The molecule has 1 aliphatic rings. The molecular weight excluding hydrogens is 434 g/mol.